The first-order valence-corrected chi connectivity index (χ1v) is 10.7. The van der Waals surface area contributed by atoms with Gasteiger partial charge >= 0.3 is 0 Å². The van der Waals surface area contributed by atoms with Crippen molar-refractivity contribution >= 4 is 5.91 Å². The highest BCUT2D eigenvalue weighted by Crippen LogP contribution is 2.36. The molecule has 1 fully saturated rings. The second-order valence-electron chi connectivity index (χ2n) is 8.52. The molecule has 3 aromatic rings. The molecule has 0 N–H and O–H groups in total. The maximum atomic E-state index is 13.3. The van der Waals surface area contributed by atoms with Crippen LogP contribution in [-0.2, 0) is 6.54 Å². The molecule has 0 radical (unpaired) electrons. The average Bonchev–Trinajstić information content (AvgIpc) is 2.84. The Kier molecular flexibility index (Phi) is 5.02. The number of rotatable bonds is 3. The van der Waals surface area contributed by atoms with Gasteiger partial charge in [-0.2, -0.15) is 5.26 Å². The van der Waals surface area contributed by atoms with Crippen molar-refractivity contribution in [2.45, 2.75) is 18.9 Å². The zero-order chi connectivity index (χ0) is 22.2. The minimum atomic E-state index is -0.0257. The fourth-order valence-corrected chi connectivity index (χ4v) is 5.00. The van der Waals surface area contributed by atoms with E-state index in [-0.39, 0.29) is 23.3 Å². The molecule has 1 aromatic heterocycles. The number of benzene rings is 2. The van der Waals surface area contributed by atoms with Crippen LogP contribution in [0, 0.1) is 17.2 Å². The number of piperidine rings is 1. The summed E-state index contributed by atoms with van der Waals surface area (Å²) in [5.41, 5.74) is 3.51. The smallest absolute Gasteiger partial charge is 0.258 e. The van der Waals surface area contributed by atoms with Gasteiger partial charge in [0.05, 0.1) is 18.7 Å². The summed E-state index contributed by atoms with van der Waals surface area (Å²) in [5.74, 6) is 1.11. The van der Waals surface area contributed by atoms with Gasteiger partial charge in [-0.3, -0.25) is 9.59 Å². The quantitative estimate of drug-likeness (QED) is 0.642. The molecule has 0 spiro atoms. The van der Waals surface area contributed by atoms with Crippen molar-refractivity contribution in [1.29, 1.82) is 5.26 Å². The molecule has 0 unspecified atom stereocenters. The number of carbonyl (C=O) groups excluding carboxylic acids is 1. The van der Waals surface area contributed by atoms with Crippen LogP contribution in [0.2, 0.25) is 0 Å². The highest BCUT2D eigenvalue weighted by molar-refractivity contribution is 5.94. The van der Waals surface area contributed by atoms with Crippen molar-refractivity contribution in [1.82, 2.24) is 9.47 Å². The molecular weight excluding hydrogens is 402 g/mol. The molecule has 1 saturated heterocycles. The van der Waals surface area contributed by atoms with Crippen LogP contribution in [0.25, 0.3) is 11.1 Å². The van der Waals surface area contributed by atoms with E-state index in [4.69, 9.17) is 4.74 Å². The van der Waals surface area contributed by atoms with Crippen LogP contribution >= 0.6 is 0 Å². The van der Waals surface area contributed by atoms with Gasteiger partial charge in [0.1, 0.15) is 5.75 Å². The van der Waals surface area contributed by atoms with Crippen molar-refractivity contribution in [3.63, 3.8) is 0 Å². The molecular formula is C26H23N3O3. The Hall–Kier alpha value is -3.85. The van der Waals surface area contributed by atoms with Crippen molar-refractivity contribution in [2.24, 2.45) is 5.92 Å². The predicted molar refractivity (Wildman–Crippen MR) is 121 cm³/mol. The second kappa shape index (κ2) is 8.01. The van der Waals surface area contributed by atoms with Gasteiger partial charge in [0.2, 0.25) is 0 Å². The number of fused-ring (bicyclic) bond motifs is 4. The van der Waals surface area contributed by atoms with E-state index < -0.39 is 0 Å². The van der Waals surface area contributed by atoms with Gasteiger partial charge in [0, 0.05) is 42.4 Å². The number of likely N-dealkylation sites (tertiary alicyclic amines) is 1. The van der Waals surface area contributed by atoms with Gasteiger partial charge in [-0.1, -0.05) is 12.1 Å². The number of hydrogen-bond acceptors (Lipinski definition) is 4. The fraction of sp³-hybridized carbons (Fsp3) is 0.269. The van der Waals surface area contributed by atoms with E-state index in [1.807, 2.05) is 27.7 Å². The lowest BCUT2D eigenvalue weighted by atomic mass is 9.82. The van der Waals surface area contributed by atoms with Gasteiger partial charge in [0.25, 0.3) is 11.5 Å². The van der Waals surface area contributed by atoms with Crippen LogP contribution in [0.15, 0.2) is 65.5 Å². The van der Waals surface area contributed by atoms with Gasteiger partial charge in [-0.15, -0.1) is 0 Å². The molecule has 2 aromatic carbocycles. The summed E-state index contributed by atoms with van der Waals surface area (Å²) in [5, 5.41) is 9.19. The molecule has 2 atom stereocenters. The van der Waals surface area contributed by atoms with Crippen LogP contribution in [0.4, 0.5) is 0 Å². The summed E-state index contributed by atoms with van der Waals surface area (Å²) < 4.78 is 7.06. The summed E-state index contributed by atoms with van der Waals surface area (Å²) in [4.78, 5) is 28.3. The highest BCUT2D eigenvalue weighted by Gasteiger charge is 2.37. The SMILES string of the molecule is COc1ccc(C(=O)N2C[C@@H]3C[C@H](C2)c2ccc(-c4cccc(C#N)c4)c(=O)n2C3)cc1. The van der Waals surface area contributed by atoms with Crippen molar-refractivity contribution in [3.05, 3.63) is 87.8 Å². The first-order chi connectivity index (χ1) is 15.6. The Bertz CT molecular complexity index is 1290. The van der Waals surface area contributed by atoms with Crippen LogP contribution in [0.1, 0.15) is 34.0 Å². The lowest BCUT2D eigenvalue weighted by molar-refractivity contribution is 0.0594. The molecule has 2 bridgehead atoms. The number of amides is 1. The number of pyridine rings is 1. The number of carbonyl (C=O) groups is 1. The van der Waals surface area contributed by atoms with Gasteiger partial charge in [0.15, 0.2) is 0 Å². The molecule has 2 aliphatic heterocycles. The zero-order valence-electron chi connectivity index (χ0n) is 17.8. The van der Waals surface area contributed by atoms with Gasteiger partial charge in [-0.05, 0) is 66.4 Å². The van der Waals surface area contributed by atoms with E-state index in [1.54, 1.807) is 49.6 Å². The number of ether oxygens (including phenoxy) is 1. The van der Waals surface area contributed by atoms with Gasteiger partial charge < -0.3 is 14.2 Å². The molecule has 2 aliphatic rings. The van der Waals surface area contributed by atoms with Crippen LogP contribution < -0.4 is 10.3 Å². The molecule has 160 valence electrons. The maximum absolute atomic E-state index is 13.3. The minimum absolute atomic E-state index is 0.0167. The topological polar surface area (TPSA) is 75.3 Å². The van der Waals surface area contributed by atoms with E-state index in [1.165, 1.54) is 0 Å². The second-order valence-corrected chi connectivity index (χ2v) is 8.52. The van der Waals surface area contributed by atoms with Crippen molar-refractivity contribution < 1.29 is 9.53 Å². The number of nitrogens with zero attached hydrogens (tertiary/aromatic N) is 3. The average molecular weight is 425 g/mol. The molecule has 0 aliphatic carbocycles. The lowest BCUT2D eigenvalue weighted by Gasteiger charge is -2.43. The van der Waals surface area contributed by atoms with Crippen LogP contribution in [0.5, 0.6) is 5.75 Å². The maximum Gasteiger partial charge on any atom is 0.258 e. The Morgan fingerprint density at radius 3 is 2.62 bits per heavy atom. The summed E-state index contributed by atoms with van der Waals surface area (Å²) in [6.07, 6.45) is 0.981. The fourth-order valence-electron chi connectivity index (χ4n) is 5.00. The van der Waals surface area contributed by atoms with Crippen molar-refractivity contribution in [3.8, 4) is 22.9 Å². The Morgan fingerprint density at radius 2 is 1.88 bits per heavy atom. The Morgan fingerprint density at radius 1 is 1.06 bits per heavy atom. The van der Waals surface area contributed by atoms with Crippen molar-refractivity contribution in [2.75, 3.05) is 20.2 Å². The third-order valence-electron chi connectivity index (χ3n) is 6.53. The molecule has 6 nitrogen and oxygen atoms in total. The predicted octanol–water partition coefficient (Wildman–Crippen LogP) is 3.66. The van der Waals surface area contributed by atoms with E-state index in [0.29, 0.717) is 36.3 Å². The Labute approximate surface area is 186 Å². The van der Waals surface area contributed by atoms with E-state index in [9.17, 15) is 14.9 Å². The number of methoxy groups -OCH3 is 1. The molecule has 32 heavy (non-hydrogen) atoms. The molecule has 1 amide bonds. The molecule has 6 heteroatoms. The first kappa shape index (κ1) is 20.1. The van der Waals surface area contributed by atoms with Crippen LogP contribution in [0.3, 0.4) is 0 Å². The third-order valence-corrected chi connectivity index (χ3v) is 6.53. The van der Waals surface area contributed by atoms with Crippen LogP contribution in [-0.4, -0.2) is 35.6 Å². The standard InChI is InChI=1S/C26H23N3O3/c1-32-22-7-5-19(6-8-22)25(30)28-14-18-12-21(16-28)24-10-9-23(26(31)29(24)15-18)20-4-2-3-17(11-20)13-27/h2-11,18,21H,12,14-16H2,1H3/t18-,21+/m0/s1. The number of nitriles is 1. The molecule has 3 heterocycles. The molecule has 0 saturated carbocycles. The van der Waals surface area contributed by atoms with E-state index >= 15 is 0 Å². The molecule has 5 rings (SSSR count). The van der Waals surface area contributed by atoms with E-state index in [0.717, 1.165) is 23.4 Å². The Balaban J connectivity index is 1.43. The number of aromatic nitrogens is 1. The zero-order valence-corrected chi connectivity index (χ0v) is 17.8. The number of hydrogen-bond donors (Lipinski definition) is 0. The van der Waals surface area contributed by atoms with E-state index in [2.05, 4.69) is 6.07 Å². The monoisotopic (exact) mass is 425 g/mol. The highest BCUT2D eigenvalue weighted by atomic mass is 16.5. The normalized spacial score (nSPS) is 19.1. The summed E-state index contributed by atoms with van der Waals surface area (Å²) in [6, 6.07) is 20.4. The third kappa shape index (κ3) is 3.46. The largest absolute Gasteiger partial charge is 0.497 e. The lowest BCUT2D eigenvalue weighted by Crippen LogP contribution is -2.49. The summed E-state index contributed by atoms with van der Waals surface area (Å²) in [6.45, 7) is 1.84. The minimum Gasteiger partial charge on any atom is -0.497 e. The van der Waals surface area contributed by atoms with Gasteiger partial charge in [-0.25, -0.2) is 0 Å². The first-order valence-electron chi connectivity index (χ1n) is 10.7. The summed E-state index contributed by atoms with van der Waals surface area (Å²) in [7, 11) is 1.60. The summed E-state index contributed by atoms with van der Waals surface area (Å²) >= 11 is 0.